The summed E-state index contributed by atoms with van der Waals surface area (Å²) < 4.78 is 5.39. The minimum absolute atomic E-state index is 0.141. The lowest BCUT2D eigenvalue weighted by atomic mass is 9.89. The Morgan fingerprint density at radius 2 is 2.12 bits per heavy atom. The third-order valence-corrected chi connectivity index (χ3v) is 5.16. The molecule has 0 aliphatic carbocycles. The standard InChI is InChI=1S/C21H27NO2/c1-4-11-22-12-5-6-18(14-22)21(23)17-7-9-19-15(2)20(24-3)10-8-16(19)13-17/h7-10,13,18H,4-6,11-12,14H2,1-3H3. The van der Waals surface area contributed by atoms with Gasteiger partial charge in [0.05, 0.1) is 7.11 Å². The first kappa shape index (κ1) is 17.0. The SMILES string of the molecule is CCCN1CCCC(C(=O)c2ccc3c(C)c(OC)ccc3c2)C1. The summed E-state index contributed by atoms with van der Waals surface area (Å²) in [5, 5.41) is 2.27. The van der Waals surface area contributed by atoms with Gasteiger partial charge in [-0.3, -0.25) is 4.79 Å². The van der Waals surface area contributed by atoms with E-state index in [4.69, 9.17) is 4.74 Å². The van der Waals surface area contributed by atoms with Crippen LogP contribution in [0.1, 0.15) is 42.1 Å². The molecule has 1 aliphatic heterocycles. The van der Waals surface area contributed by atoms with Crippen molar-refractivity contribution in [3.05, 3.63) is 41.5 Å². The molecular weight excluding hydrogens is 298 g/mol. The van der Waals surface area contributed by atoms with Crippen molar-refractivity contribution in [2.75, 3.05) is 26.7 Å². The molecule has 2 aromatic carbocycles. The van der Waals surface area contributed by atoms with Crippen molar-refractivity contribution in [2.24, 2.45) is 5.92 Å². The highest BCUT2D eigenvalue weighted by molar-refractivity contribution is 6.02. The molecule has 1 atom stereocenters. The van der Waals surface area contributed by atoms with Crippen LogP contribution in [0.4, 0.5) is 0 Å². The number of nitrogens with zero attached hydrogens (tertiary/aromatic N) is 1. The summed E-state index contributed by atoms with van der Waals surface area (Å²) in [6.07, 6.45) is 3.29. The Labute approximate surface area is 144 Å². The summed E-state index contributed by atoms with van der Waals surface area (Å²) in [6, 6.07) is 10.1. The monoisotopic (exact) mass is 325 g/mol. The molecule has 0 aromatic heterocycles. The Hall–Kier alpha value is -1.87. The molecule has 2 aromatic rings. The zero-order chi connectivity index (χ0) is 17.1. The predicted octanol–water partition coefficient (Wildman–Crippen LogP) is 4.46. The normalized spacial score (nSPS) is 18.7. The topological polar surface area (TPSA) is 29.5 Å². The molecule has 1 heterocycles. The van der Waals surface area contributed by atoms with Gasteiger partial charge in [-0.25, -0.2) is 0 Å². The van der Waals surface area contributed by atoms with Crippen LogP contribution in [0.25, 0.3) is 10.8 Å². The number of ether oxygens (including phenoxy) is 1. The van der Waals surface area contributed by atoms with E-state index in [9.17, 15) is 4.79 Å². The maximum Gasteiger partial charge on any atom is 0.167 e. The number of benzene rings is 2. The zero-order valence-electron chi connectivity index (χ0n) is 15.0. The first-order chi connectivity index (χ1) is 11.6. The number of piperidine rings is 1. The third-order valence-electron chi connectivity index (χ3n) is 5.16. The van der Waals surface area contributed by atoms with Gasteiger partial charge in [0.15, 0.2) is 5.78 Å². The predicted molar refractivity (Wildman–Crippen MR) is 99.0 cm³/mol. The van der Waals surface area contributed by atoms with Crippen molar-refractivity contribution in [1.82, 2.24) is 4.90 Å². The summed E-state index contributed by atoms with van der Waals surface area (Å²) >= 11 is 0. The number of fused-ring (bicyclic) bond motifs is 1. The quantitative estimate of drug-likeness (QED) is 0.760. The molecule has 3 nitrogen and oxygen atoms in total. The van der Waals surface area contributed by atoms with Gasteiger partial charge in [0.1, 0.15) is 5.75 Å². The van der Waals surface area contributed by atoms with E-state index in [1.54, 1.807) is 7.11 Å². The van der Waals surface area contributed by atoms with E-state index in [-0.39, 0.29) is 5.92 Å². The van der Waals surface area contributed by atoms with Gasteiger partial charge in [-0.15, -0.1) is 0 Å². The lowest BCUT2D eigenvalue weighted by Gasteiger charge is -2.31. The summed E-state index contributed by atoms with van der Waals surface area (Å²) in [7, 11) is 1.69. The average Bonchev–Trinajstić information content (AvgIpc) is 2.62. The Morgan fingerprint density at radius 1 is 1.29 bits per heavy atom. The van der Waals surface area contributed by atoms with Gasteiger partial charge in [-0.2, -0.15) is 0 Å². The number of carbonyl (C=O) groups excluding carboxylic acids is 1. The minimum atomic E-state index is 0.141. The van der Waals surface area contributed by atoms with Crippen LogP contribution in [-0.4, -0.2) is 37.4 Å². The van der Waals surface area contributed by atoms with Crippen LogP contribution in [0, 0.1) is 12.8 Å². The number of likely N-dealkylation sites (tertiary alicyclic amines) is 1. The molecule has 0 saturated carbocycles. The van der Waals surface area contributed by atoms with Crippen molar-refractivity contribution < 1.29 is 9.53 Å². The van der Waals surface area contributed by atoms with Crippen LogP contribution < -0.4 is 4.74 Å². The van der Waals surface area contributed by atoms with Crippen LogP contribution in [0.2, 0.25) is 0 Å². The van der Waals surface area contributed by atoms with E-state index in [2.05, 4.69) is 24.8 Å². The number of rotatable bonds is 5. The van der Waals surface area contributed by atoms with E-state index >= 15 is 0 Å². The first-order valence-electron chi connectivity index (χ1n) is 8.98. The molecule has 0 N–H and O–H groups in total. The van der Waals surface area contributed by atoms with Gasteiger partial charge >= 0.3 is 0 Å². The number of Topliss-reactive ketones (excluding diaryl/α,β-unsaturated/α-hetero) is 1. The van der Waals surface area contributed by atoms with Crippen LogP contribution in [0.15, 0.2) is 30.3 Å². The minimum Gasteiger partial charge on any atom is -0.496 e. The van der Waals surface area contributed by atoms with Crippen LogP contribution >= 0.6 is 0 Å². The van der Waals surface area contributed by atoms with Gasteiger partial charge in [-0.1, -0.05) is 25.1 Å². The number of ketones is 1. The second-order valence-electron chi connectivity index (χ2n) is 6.83. The zero-order valence-corrected chi connectivity index (χ0v) is 15.0. The van der Waals surface area contributed by atoms with Crippen LogP contribution in [0.3, 0.4) is 0 Å². The van der Waals surface area contributed by atoms with Gasteiger partial charge in [0.25, 0.3) is 0 Å². The van der Waals surface area contributed by atoms with E-state index in [1.165, 1.54) is 0 Å². The Balaban J connectivity index is 1.85. The van der Waals surface area contributed by atoms with Crippen molar-refractivity contribution in [1.29, 1.82) is 0 Å². The molecule has 3 rings (SSSR count). The lowest BCUT2D eigenvalue weighted by molar-refractivity contribution is 0.0820. The number of hydrogen-bond acceptors (Lipinski definition) is 3. The lowest BCUT2D eigenvalue weighted by Crippen LogP contribution is -2.39. The van der Waals surface area contributed by atoms with Gasteiger partial charge in [-0.05, 0) is 67.7 Å². The molecule has 24 heavy (non-hydrogen) atoms. The molecule has 0 radical (unpaired) electrons. The second-order valence-corrected chi connectivity index (χ2v) is 6.83. The van der Waals surface area contributed by atoms with Crippen molar-refractivity contribution in [2.45, 2.75) is 33.1 Å². The summed E-state index contributed by atoms with van der Waals surface area (Å²) in [5.74, 6) is 1.33. The molecule has 1 unspecified atom stereocenters. The van der Waals surface area contributed by atoms with E-state index in [1.807, 2.05) is 24.3 Å². The largest absolute Gasteiger partial charge is 0.496 e. The number of carbonyl (C=O) groups is 1. The number of methoxy groups -OCH3 is 1. The second kappa shape index (κ2) is 7.35. The molecule has 0 spiro atoms. The first-order valence-corrected chi connectivity index (χ1v) is 8.98. The summed E-state index contributed by atoms with van der Waals surface area (Å²) in [5.41, 5.74) is 1.97. The van der Waals surface area contributed by atoms with E-state index in [0.29, 0.717) is 5.78 Å². The van der Waals surface area contributed by atoms with Gasteiger partial charge in [0.2, 0.25) is 0 Å². The summed E-state index contributed by atoms with van der Waals surface area (Å²) in [4.78, 5) is 15.4. The average molecular weight is 325 g/mol. The molecule has 128 valence electrons. The number of aryl methyl sites for hydroxylation is 1. The van der Waals surface area contributed by atoms with Crippen molar-refractivity contribution >= 4 is 16.6 Å². The molecule has 0 amide bonds. The highest BCUT2D eigenvalue weighted by Gasteiger charge is 2.26. The Kier molecular flexibility index (Phi) is 5.20. The van der Waals surface area contributed by atoms with Gasteiger partial charge < -0.3 is 9.64 Å². The molecule has 0 bridgehead atoms. The fraction of sp³-hybridized carbons (Fsp3) is 0.476. The van der Waals surface area contributed by atoms with Gasteiger partial charge in [0, 0.05) is 18.0 Å². The summed E-state index contributed by atoms with van der Waals surface area (Å²) in [6.45, 7) is 7.40. The van der Waals surface area contributed by atoms with E-state index in [0.717, 1.165) is 66.5 Å². The third kappa shape index (κ3) is 3.32. The van der Waals surface area contributed by atoms with E-state index < -0.39 is 0 Å². The van der Waals surface area contributed by atoms with Crippen LogP contribution in [0.5, 0.6) is 5.75 Å². The Bertz CT molecular complexity index is 736. The molecule has 1 aliphatic rings. The van der Waals surface area contributed by atoms with Crippen LogP contribution in [-0.2, 0) is 0 Å². The molecule has 1 fully saturated rings. The highest BCUT2D eigenvalue weighted by Crippen LogP contribution is 2.29. The fourth-order valence-electron chi connectivity index (χ4n) is 3.86. The van der Waals surface area contributed by atoms with Crippen molar-refractivity contribution in [3.8, 4) is 5.75 Å². The highest BCUT2D eigenvalue weighted by atomic mass is 16.5. The maximum atomic E-state index is 12.9. The molecule has 3 heteroatoms. The number of hydrogen-bond donors (Lipinski definition) is 0. The molecular formula is C21H27NO2. The molecule has 1 saturated heterocycles. The maximum absolute atomic E-state index is 12.9. The fourth-order valence-corrected chi connectivity index (χ4v) is 3.86. The smallest absolute Gasteiger partial charge is 0.167 e. The Morgan fingerprint density at radius 3 is 2.88 bits per heavy atom. The van der Waals surface area contributed by atoms with Crippen molar-refractivity contribution in [3.63, 3.8) is 0 Å².